The first-order valence-electron chi connectivity index (χ1n) is 7.32. The van der Waals surface area contributed by atoms with Gasteiger partial charge in [0.25, 0.3) is 5.91 Å². The summed E-state index contributed by atoms with van der Waals surface area (Å²) in [6, 6.07) is 10.6. The summed E-state index contributed by atoms with van der Waals surface area (Å²) in [4.78, 5) is 14.3. The molecule has 5 nitrogen and oxygen atoms in total. The second kappa shape index (κ2) is 9.20. The number of anilines is 1. The summed E-state index contributed by atoms with van der Waals surface area (Å²) in [6.45, 7) is 5.56. The highest BCUT2D eigenvalue weighted by Crippen LogP contribution is 2.14. The van der Waals surface area contributed by atoms with Gasteiger partial charge in [0, 0.05) is 30.5 Å². The van der Waals surface area contributed by atoms with Gasteiger partial charge in [0.1, 0.15) is 17.7 Å². The molecule has 0 heterocycles. The van der Waals surface area contributed by atoms with Crippen molar-refractivity contribution in [1.29, 1.82) is 10.5 Å². The number of carbonyl (C=O) groups excluding carboxylic acids is 1. The molecule has 1 rings (SSSR count). The lowest BCUT2D eigenvalue weighted by Crippen LogP contribution is -2.32. The summed E-state index contributed by atoms with van der Waals surface area (Å²) in [6.07, 6.45) is 3.17. The molecule has 5 heteroatoms. The number of nitrogens with one attached hydrogen (secondary N) is 1. The van der Waals surface area contributed by atoms with E-state index in [4.69, 9.17) is 10.5 Å². The Morgan fingerprint density at radius 2 is 1.86 bits per heavy atom. The lowest BCUT2D eigenvalue weighted by molar-refractivity contribution is 0.0755. The number of amides is 1. The Balaban J connectivity index is 2.91. The molecule has 0 saturated carbocycles. The topological polar surface area (TPSA) is 79.9 Å². The van der Waals surface area contributed by atoms with Crippen molar-refractivity contribution in [2.45, 2.75) is 26.7 Å². The van der Waals surface area contributed by atoms with Gasteiger partial charge in [0.05, 0.1) is 0 Å². The molecule has 1 amide bonds. The van der Waals surface area contributed by atoms with Gasteiger partial charge in [-0.2, -0.15) is 10.5 Å². The van der Waals surface area contributed by atoms with Gasteiger partial charge in [0.15, 0.2) is 0 Å². The number of nitrogens with zero attached hydrogens (tertiary/aromatic N) is 3. The number of hydrogen-bond acceptors (Lipinski definition) is 4. The first-order chi connectivity index (χ1) is 10.7. The minimum atomic E-state index is -0.0182. The Bertz CT molecular complexity index is 600. The molecule has 0 atom stereocenters. The largest absolute Gasteiger partial charge is 0.360 e. The average molecular weight is 296 g/mol. The van der Waals surface area contributed by atoms with E-state index in [9.17, 15) is 4.79 Å². The Labute approximate surface area is 131 Å². The lowest BCUT2D eigenvalue weighted by atomic mass is 10.1. The highest BCUT2D eigenvalue weighted by Gasteiger charge is 2.14. The van der Waals surface area contributed by atoms with Crippen LogP contribution in [0.15, 0.2) is 36.0 Å². The summed E-state index contributed by atoms with van der Waals surface area (Å²) < 4.78 is 0. The van der Waals surface area contributed by atoms with Crippen LogP contribution in [-0.4, -0.2) is 23.9 Å². The van der Waals surface area contributed by atoms with Gasteiger partial charge < -0.3 is 10.2 Å². The summed E-state index contributed by atoms with van der Waals surface area (Å²) in [5.41, 5.74) is 1.24. The van der Waals surface area contributed by atoms with Crippen molar-refractivity contribution < 1.29 is 4.79 Å². The van der Waals surface area contributed by atoms with Crippen LogP contribution < -0.4 is 5.32 Å². The standard InChI is InChI=1S/C17H20N4O/c1-3-8-21(9-4-2)17(22)15-6-5-7-16(10-15)20-13-14(11-18)12-19/h5-7,10,13,20H,3-4,8-9H2,1-2H3. The second-order valence-electron chi connectivity index (χ2n) is 4.80. The van der Waals surface area contributed by atoms with Crippen molar-refractivity contribution in [2.75, 3.05) is 18.4 Å². The molecular formula is C17H20N4O. The molecule has 1 N–H and O–H groups in total. The minimum Gasteiger partial charge on any atom is -0.360 e. The average Bonchev–Trinajstić information content (AvgIpc) is 2.55. The van der Waals surface area contributed by atoms with E-state index in [-0.39, 0.29) is 11.5 Å². The first-order valence-corrected chi connectivity index (χ1v) is 7.32. The van der Waals surface area contributed by atoms with Crippen molar-refractivity contribution in [1.82, 2.24) is 4.90 Å². The van der Waals surface area contributed by atoms with Gasteiger partial charge in [-0.3, -0.25) is 4.79 Å². The van der Waals surface area contributed by atoms with Crippen LogP contribution in [0.1, 0.15) is 37.0 Å². The fraction of sp³-hybridized carbons (Fsp3) is 0.353. The molecule has 1 aromatic rings. The van der Waals surface area contributed by atoms with Gasteiger partial charge >= 0.3 is 0 Å². The smallest absolute Gasteiger partial charge is 0.253 e. The van der Waals surface area contributed by atoms with Crippen LogP contribution in [-0.2, 0) is 0 Å². The van der Waals surface area contributed by atoms with Crippen LogP contribution in [0, 0.1) is 22.7 Å². The molecule has 0 radical (unpaired) electrons. The van der Waals surface area contributed by atoms with Crippen LogP contribution in [0.2, 0.25) is 0 Å². The van der Waals surface area contributed by atoms with Crippen molar-refractivity contribution in [3.63, 3.8) is 0 Å². The molecule has 0 spiro atoms. The monoisotopic (exact) mass is 296 g/mol. The number of hydrogen-bond donors (Lipinski definition) is 1. The van der Waals surface area contributed by atoms with Gasteiger partial charge in [-0.05, 0) is 31.0 Å². The van der Waals surface area contributed by atoms with E-state index in [1.165, 1.54) is 6.20 Å². The quantitative estimate of drug-likeness (QED) is 0.783. The molecule has 0 aliphatic carbocycles. The van der Waals surface area contributed by atoms with E-state index < -0.39 is 0 Å². The zero-order valence-electron chi connectivity index (χ0n) is 13.0. The van der Waals surface area contributed by atoms with E-state index >= 15 is 0 Å². The van der Waals surface area contributed by atoms with Crippen molar-refractivity contribution in [3.8, 4) is 12.1 Å². The van der Waals surface area contributed by atoms with E-state index in [1.54, 1.807) is 36.4 Å². The molecule has 1 aromatic carbocycles. The van der Waals surface area contributed by atoms with E-state index in [0.717, 1.165) is 25.9 Å². The van der Waals surface area contributed by atoms with Crippen LogP contribution in [0.25, 0.3) is 0 Å². The number of carbonyl (C=O) groups is 1. The summed E-state index contributed by atoms with van der Waals surface area (Å²) in [7, 11) is 0. The third-order valence-corrected chi connectivity index (χ3v) is 3.01. The summed E-state index contributed by atoms with van der Waals surface area (Å²) in [5, 5.41) is 20.3. The molecular weight excluding hydrogens is 276 g/mol. The lowest BCUT2D eigenvalue weighted by Gasteiger charge is -2.21. The number of rotatable bonds is 7. The predicted octanol–water partition coefficient (Wildman–Crippen LogP) is 3.29. The molecule has 0 bridgehead atoms. The number of nitriles is 2. The molecule has 0 saturated heterocycles. The van der Waals surface area contributed by atoms with Crippen molar-refractivity contribution >= 4 is 11.6 Å². The first kappa shape index (κ1) is 17.3. The maximum absolute atomic E-state index is 12.5. The van der Waals surface area contributed by atoms with E-state index in [2.05, 4.69) is 5.32 Å². The zero-order chi connectivity index (χ0) is 16.4. The predicted molar refractivity (Wildman–Crippen MR) is 85.9 cm³/mol. The van der Waals surface area contributed by atoms with E-state index in [0.29, 0.717) is 11.3 Å². The highest BCUT2D eigenvalue weighted by molar-refractivity contribution is 5.95. The fourth-order valence-corrected chi connectivity index (χ4v) is 2.02. The summed E-state index contributed by atoms with van der Waals surface area (Å²) >= 11 is 0. The second-order valence-corrected chi connectivity index (χ2v) is 4.80. The van der Waals surface area contributed by atoms with Crippen LogP contribution in [0.3, 0.4) is 0 Å². The third kappa shape index (κ3) is 4.96. The Morgan fingerprint density at radius 3 is 2.41 bits per heavy atom. The Hall–Kier alpha value is -2.79. The van der Waals surface area contributed by atoms with Gasteiger partial charge in [-0.25, -0.2) is 0 Å². The molecule has 22 heavy (non-hydrogen) atoms. The molecule has 114 valence electrons. The maximum atomic E-state index is 12.5. The van der Waals surface area contributed by atoms with Gasteiger partial charge in [-0.1, -0.05) is 19.9 Å². The summed E-state index contributed by atoms with van der Waals surface area (Å²) in [5.74, 6) is -0.00267. The maximum Gasteiger partial charge on any atom is 0.253 e. The van der Waals surface area contributed by atoms with Crippen molar-refractivity contribution in [3.05, 3.63) is 41.6 Å². The zero-order valence-corrected chi connectivity index (χ0v) is 13.0. The SMILES string of the molecule is CCCN(CCC)C(=O)c1cccc(NC=C(C#N)C#N)c1. The molecule has 0 fully saturated rings. The normalized spacial score (nSPS) is 9.27. The molecule has 0 aromatic heterocycles. The fourth-order valence-electron chi connectivity index (χ4n) is 2.02. The Morgan fingerprint density at radius 1 is 1.23 bits per heavy atom. The Kier molecular flexibility index (Phi) is 7.22. The van der Waals surface area contributed by atoms with Crippen LogP contribution >= 0.6 is 0 Å². The van der Waals surface area contributed by atoms with Crippen molar-refractivity contribution in [2.24, 2.45) is 0 Å². The minimum absolute atomic E-state index is 0.00267. The number of benzene rings is 1. The van der Waals surface area contributed by atoms with Gasteiger partial charge in [-0.15, -0.1) is 0 Å². The molecule has 0 aliphatic rings. The third-order valence-electron chi connectivity index (χ3n) is 3.01. The van der Waals surface area contributed by atoms with Crippen LogP contribution in [0.5, 0.6) is 0 Å². The molecule has 0 aliphatic heterocycles. The van der Waals surface area contributed by atoms with Crippen LogP contribution in [0.4, 0.5) is 5.69 Å². The number of allylic oxidation sites excluding steroid dienone is 1. The molecule has 0 unspecified atom stereocenters. The van der Waals surface area contributed by atoms with Gasteiger partial charge in [0.2, 0.25) is 0 Å². The van der Waals surface area contributed by atoms with E-state index in [1.807, 2.05) is 18.7 Å². The highest BCUT2D eigenvalue weighted by atomic mass is 16.2.